The van der Waals surface area contributed by atoms with Gasteiger partial charge in [-0.05, 0) is 17.7 Å². The number of carboxylic acids is 1. The Morgan fingerprint density at radius 1 is 1.38 bits per heavy atom. The van der Waals surface area contributed by atoms with Gasteiger partial charge in [-0.25, -0.2) is 9.78 Å². The third kappa shape index (κ3) is 2.62. The number of carboxylic acid groups (broad SMARTS) is 1. The van der Waals surface area contributed by atoms with Crippen molar-refractivity contribution in [2.75, 3.05) is 18.9 Å². The van der Waals surface area contributed by atoms with Crippen molar-refractivity contribution in [3.63, 3.8) is 0 Å². The Kier molecular flexibility index (Phi) is 3.60. The highest BCUT2D eigenvalue weighted by Crippen LogP contribution is 2.43. The first-order chi connectivity index (χ1) is 10.1. The van der Waals surface area contributed by atoms with Crippen molar-refractivity contribution in [1.29, 1.82) is 0 Å². The molecule has 1 aromatic carbocycles. The van der Waals surface area contributed by atoms with Gasteiger partial charge in [-0.15, -0.1) is 0 Å². The number of nitrogen functional groups attached to an aromatic ring is 1. The summed E-state index contributed by atoms with van der Waals surface area (Å²) in [5.74, 6) is -0.160. The molecule has 0 saturated carbocycles. The molecule has 3 rings (SSSR count). The van der Waals surface area contributed by atoms with Gasteiger partial charge < -0.3 is 20.3 Å². The van der Waals surface area contributed by atoms with Gasteiger partial charge in [0.05, 0.1) is 23.1 Å². The first kappa shape index (κ1) is 14.0. The van der Waals surface area contributed by atoms with E-state index in [1.807, 2.05) is 0 Å². The lowest BCUT2D eigenvalue weighted by Gasteiger charge is -2.11. The zero-order valence-corrected chi connectivity index (χ0v) is 12.3. The minimum absolute atomic E-state index is 0.0944. The molecule has 1 aromatic heterocycles. The molecule has 1 aliphatic rings. The fourth-order valence-corrected chi connectivity index (χ4v) is 3.12. The first-order valence-corrected chi connectivity index (χ1v) is 7.35. The molecule has 0 aliphatic carbocycles. The smallest absolute Gasteiger partial charge is 0.356 e. The molecule has 0 saturated heterocycles. The molecule has 0 unspecified atom stereocenters. The van der Waals surface area contributed by atoms with Gasteiger partial charge in [0.25, 0.3) is 0 Å². The number of thiazole rings is 1. The number of hydrogen-bond acceptors (Lipinski definition) is 6. The van der Waals surface area contributed by atoms with Crippen LogP contribution < -0.4 is 15.2 Å². The molecule has 2 aromatic rings. The number of nitrogens with two attached hydrogens (primary N) is 1. The minimum atomic E-state index is -1.14. The summed E-state index contributed by atoms with van der Waals surface area (Å²) in [5.41, 5.74) is 6.11. The SMILES string of the molecule is Nc1nc(C(=O)O)c(-c2cc(Cl)c3c(c2)OCCCO3)s1. The summed E-state index contributed by atoms with van der Waals surface area (Å²) in [4.78, 5) is 15.5. The lowest BCUT2D eigenvalue weighted by molar-refractivity contribution is 0.0692. The van der Waals surface area contributed by atoms with Gasteiger partial charge in [-0.3, -0.25) is 0 Å². The van der Waals surface area contributed by atoms with Gasteiger partial charge in [0.2, 0.25) is 0 Å². The van der Waals surface area contributed by atoms with Gasteiger partial charge >= 0.3 is 5.97 Å². The quantitative estimate of drug-likeness (QED) is 0.881. The van der Waals surface area contributed by atoms with Crippen molar-refractivity contribution in [2.45, 2.75) is 6.42 Å². The highest BCUT2D eigenvalue weighted by Gasteiger charge is 2.22. The van der Waals surface area contributed by atoms with E-state index < -0.39 is 5.97 Å². The summed E-state index contributed by atoms with van der Waals surface area (Å²) in [6, 6.07) is 3.33. The van der Waals surface area contributed by atoms with Crippen LogP contribution in [0.15, 0.2) is 12.1 Å². The maximum absolute atomic E-state index is 11.2. The van der Waals surface area contributed by atoms with Crippen LogP contribution >= 0.6 is 22.9 Å². The van der Waals surface area contributed by atoms with Crippen molar-refractivity contribution in [1.82, 2.24) is 4.98 Å². The largest absolute Gasteiger partial charge is 0.489 e. The summed E-state index contributed by atoms with van der Waals surface area (Å²) in [6.45, 7) is 1.04. The fraction of sp³-hybridized carbons (Fsp3) is 0.231. The highest BCUT2D eigenvalue weighted by molar-refractivity contribution is 7.19. The summed E-state index contributed by atoms with van der Waals surface area (Å²) in [5, 5.41) is 9.75. The number of hydrogen-bond donors (Lipinski definition) is 2. The Morgan fingerprint density at radius 3 is 2.90 bits per heavy atom. The third-order valence-corrected chi connectivity index (χ3v) is 4.12. The molecule has 0 radical (unpaired) electrons. The van der Waals surface area contributed by atoms with Gasteiger partial charge in [0.1, 0.15) is 0 Å². The first-order valence-electron chi connectivity index (χ1n) is 6.15. The number of carbonyl (C=O) groups is 1. The van der Waals surface area contributed by atoms with Crippen LogP contribution in [0.4, 0.5) is 5.13 Å². The van der Waals surface area contributed by atoms with Crippen LogP contribution in [0.25, 0.3) is 10.4 Å². The Labute approximate surface area is 129 Å². The van der Waals surface area contributed by atoms with Crippen LogP contribution in [0.5, 0.6) is 11.5 Å². The predicted octanol–water partition coefficient (Wildman–Crippen LogP) is 2.91. The average molecular weight is 327 g/mol. The topological polar surface area (TPSA) is 94.7 Å². The molecule has 21 heavy (non-hydrogen) atoms. The third-order valence-electron chi connectivity index (χ3n) is 2.91. The van der Waals surface area contributed by atoms with Crippen molar-refractivity contribution in [2.24, 2.45) is 0 Å². The Hall–Kier alpha value is -1.99. The molecule has 0 bridgehead atoms. The number of aromatic nitrogens is 1. The number of aromatic carboxylic acids is 1. The number of rotatable bonds is 2. The molecule has 0 fully saturated rings. The average Bonchev–Trinajstić information content (AvgIpc) is 2.67. The molecule has 110 valence electrons. The Bertz CT molecular complexity index is 716. The standard InChI is InChI=1S/C13H11ClN2O4S/c14-7-4-6(5-8-10(7)20-3-1-2-19-8)11-9(12(17)18)16-13(15)21-11/h4-5H,1-3H2,(H2,15,16)(H,17,18). The molecule has 2 heterocycles. The predicted molar refractivity (Wildman–Crippen MR) is 79.5 cm³/mol. The van der Waals surface area contributed by atoms with Crippen molar-refractivity contribution < 1.29 is 19.4 Å². The van der Waals surface area contributed by atoms with E-state index in [1.54, 1.807) is 12.1 Å². The van der Waals surface area contributed by atoms with Crippen molar-refractivity contribution >= 4 is 34.0 Å². The zero-order valence-electron chi connectivity index (χ0n) is 10.8. The lowest BCUT2D eigenvalue weighted by atomic mass is 10.1. The molecule has 6 nitrogen and oxygen atoms in total. The number of anilines is 1. The van der Waals surface area contributed by atoms with Crippen LogP contribution in [0.3, 0.4) is 0 Å². The summed E-state index contributed by atoms with van der Waals surface area (Å²) in [6.07, 6.45) is 0.758. The molecular weight excluding hydrogens is 316 g/mol. The summed E-state index contributed by atoms with van der Waals surface area (Å²) < 4.78 is 11.1. The monoisotopic (exact) mass is 326 g/mol. The highest BCUT2D eigenvalue weighted by atomic mass is 35.5. The summed E-state index contributed by atoms with van der Waals surface area (Å²) in [7, 11) is 0. The number of nitrogens with zero attached hydrogens (tertiary/aromatic N) is 1. The number of fused-ring (bicyclic) bond motifs is 1. The Morgan fingerprint density at radius 2 is 2.14 bits per heavy atom. The van der Waals surface area contributed by atoms with Gasteiger partial charge in [-0.1, -0.05) is 22.9 Å². The van der Waals surface area contributed by atoms with Crippen LogP contribution in [-0.2, 0) is 0 Å². The molecule has 3 N–H and O–H groups in total. The second-order valence-corrected chi connectivity index (χ2v) is 5.81. The maximum atomic E-state index is 11.2. The van der Waals surface area contributed by atoms with E-state index in [1.165, 1.54) is 0 Å². The number of ether oxygens (including phenoxy) is 2. The lowest BCUT2D eigenvalue weighted by Crippen LogP contribution is -1.99. The van der Waals surface area contributed by atoms with E-state index in [0.717, 1.165) is 17.8 Å². The second-order valence-electron chi connectivity index (χ2n) is 4.37. The molecule has 1 aliphatic heterocycles. The maximum Gasteiger partial charge on any atom is 0.356 e. The number of benzene rings is 1. The van der Waals surface area contributed by atoms with Crippen LogP contribution in [-0.4, -0.2) is 29.3 Å². The van der Waals surface area contributed by atoms with Gasteiger partial charge in [-0.2, -0.15) is 0 Å². The summed E-state index contributed by atoms with van der Waals surface area (Å²) >= 11 is 7.30. The van der Waals surface area contributed by atoms with Crippen LogP contribution in [0.2, 0.25) is 5.02 Å². The molecule has 0 atom stereocenters. The van der Waals surface area contributed by atoms with Gasteiger partial charge in [0.15, 0.2) is 22.3 Å². The second kappa shape index (κ2) is 5.42. The van der Waals surface area contributed by atoms with E-state index in [9.17, 15) is 9.90 Å². The van der Waals surface area contributed by atoms with Crippen LogP contribution in [0, 0.1) is 0 Å². The molecule has 0 amide bonds. The zero-order chi connectivity index (χ0) is 15.0. The fourth-order valence-electron chi connectivity index (χ4n) is 2.04. The van der Waals surface area contributed by atoms with E-state index in [0.29, 0.717) is 40.2 Å². The Balaban J connectivity index is 2.14. The number of halogens is 1. The minimum Gasteiger partial charge on any atom is -0.489 e. The van der Waals surface area contributed by atoms with E-state index >= 15 is 0 Å². The van der Waals surface area contributed by atoms with E-state index in [-0.39, 0.29) is 10.8 Å². The van der Waals surface area contributed by atoms with Crippen molar-refractivity contribution in [3.8, 4) is 21.9 Å². The molecule has 0 spiro atoms. The molecular formula is C13H11ClN2O4S. The molecule has 8 heteroatoms. The van der Waals surface area contributed by atoms with Gasteiger partial charge in [0, 0.05) is 6.42 Å². The van der Waals surface area contributed by atoms with E-state index in [2.05, 4.69) is 4.98 Å². The van der Waals surface area contributed by atoms with Crippen molar-refractivity contribution in [3.05, 3.63) is 22.8 Å². The van der Waals surface area contributed by atoms with Crippen LogP contribution in [0.1, 0.15) is 16.9 Å². The normalized spacial score (nSPS) is 13.8. The van der Waals surface area contributed by atoms with E-state index in [4.69, 9.17) is 26.8 Å².